The van der Waals surface area contributed by atoms with E-state index in [-0.39, 0.29) is 12.1 Å². The van der Waals surface area contributed by atoms with Crippen LogP contribution in [0.25, 0.3) is 0 Å². The lowest BCUT2D eigenvalue weighted by atomic mass is 10.4. The van der Waals surface area contributed by atoms with Crippen molar-refractivity contribution in [3.63, 3.8) is 0 Å². The molecule has 6 heterocycles. The van der Waals surface area contributed by atoms with Gasteiger partial charge in [0.2, 0.25) is 0 Å². The lowest BCUT2D eigenvalue weighted by Crippen LogP contribution is -2.01. The molecule has 0 amide bonds. The van der Waals surface area contributed by atoms with E-state index in [0.717, 1.165) is 22.8 Å². The highest BCUT2D eigenvalue weighted by Crippen LogP contribution is 2.25. The standard InChI is InChI=1S/C4H6O3.C4H8O2S.C4H6O2.C3H4O3.C3H4S3.C2H4O3S/c1-3-2-6-4(5)7-3;5-7(6)3-1-2-4-7;5-4-2-1-3-6-4;2*4-3-5-1-2-6-3;3-6-4-1-2-5-6/h3H,2H2,1H3;1-4H2;1-3H2;3*1-2H2. The van der Waals surface area contributed by atoms with Crippen molar-refractivity contribution in [1.82, 2.24) is 0 Å². The third kappa shape index (κ3) is 19.8. The van der Waals surface area contributed by atoms with Crippen LogP contribution in [0.5, 0.6) is 0 Å². The van der Waals surface area contributed by atoms with E-state index in [0.29, 0.717) is 57.6 Å². The zero-order chi connectivity index (χ0) is 28.2. The van der Waals surface area contributed by atoms with Crippen LogP contribution in [0.2, 0.25) is 0 Å². The molecule has 6 aliphatic heterocycles. The number of carbonyl (C=O) groups excluding carboxylic acids is 3. The van der Waals surface area contributed by atoms with Crippen molar-refractivity contribution in [2.45, 2.75) is 38.7 Å². The van der Waals surface area contributed by atoms with Gasteiger partial charge in [-0.05, 0) is 26.2 Å². The Morgan fingerprint density at radius 1 is 0.816 bits per heavy atom. The number of esters is 1. The Hall–Kier alpha value is -1.18. The van der Waals surface area contributed by atoms with Crippen LogP contribution >= 0.6 is 35.7 Å². The van der Waals surface area contributed by atoms with Crippen molar-refractivity contribution in [2.75, 3.05) is 62.7 Å². The minimum absolute atomic E-state index is 0.0463. The van der Waals surface area contributed by atoms with E-state index in [9.17, 15) is 27.0 Å². The molecule has 0 aromatic carbocycles. The number of rotatable bonds is 0. The number of sulfone groups is 1. The van der Waals surface area contributed by atoms with Crippen molar-refractivity contribution < 1.29 is 59.1 Å². The van der Waals surface area contributed by atoms with Crippen LogP contribution in [0.3, 0.4) is 0 Å². The number of thioether (sulfide) groups is 2. The van der Waals surface area contributed by atoms with Gasteiger partial charge in [0, 0.05) is 17.9 Å². The fourth-order valence-corrected chi connectivity index (χ4v) is 6.76. The van der Waals surface area contributed by atoms with Gasteiger partial charge in [0.1, 0.15) is 39.3 Å². The fourth-order valence-electron chi connectivity index (χ4n) is 2.46. The quantitative estimate of drug-likeness (QED) is 0.215. The predicted molar refractivity (Wildman–Crippen MR) is 145 cm³/mol. The molecule has 6 saturated heterocycles. The normalized spacial score (nSPS) is 24.5. The first kappa shape index (κ1) is 34.8. The monoisotopic (exact) mass is 640 g/mol. The highest BCUT2D eigenvalue weighted by molar-refractivity contribution is 8.49. The summed E-state index contributed by atoms with van der Waals surface area (Å²) < 4.78 is 62.7. The fraction of sp³-hybridized carbons (Fsp3) is 0.800. The summed E-state index contributed by atoms with van der Waals surface area (Å²) in [4.78, 5) is 29.8. The Balaban J connectivity index is 0.000000228. The summed E-state index contributed by atoms with van der Waals surface area (Å²) in [6.07, 6.45) is 2.15. The summed E-state index contributed by atoms with van der Waals surface area (Å²) in [6, 6.07) is 0. The summed E-state index contributed by atoms with van der Waals surface area (Å²) in [5, 5.41) is 0. The first-order chi connectivity index (χ1) is 18.1. The van der Waals surface area contributed by atoms with Gasteiger partial charge in [0.15, 0.2) is 0 Å². The number of hydrogen-bond donors (Lipinski definition) is 0. The number of carbonyl (C=O) groups is 3. The molecular weight excluding hydrogens is 609 g/mol. The lowest BCUT2D eigenvalue weighted by Gasteiger charge is -1.90. The van der Waals surface area contributed by atoms with Gasteiger partial charge in [-0.25, -0.2) is 18.0 Å². The first-order valence-corrected chi connectivity index (χ1v) is 16.7. The van der Waals surface area contributed by atoms with Crippen LogP contribution in [0.15, 0.2) is 0 Å². The van der Waals surface area contributed by atoms with Crippen molar-refractivity contribution in [1.29, 1.82) is 0 Å². The van der Waals surface area contributed by atoms with Gasteiger partial charge in [0.05, 0.1) is 31.3 Å². The molecule has 13 nitrogen and oxygen atoms in total. The number of thiocarbonyl (C=S) groups is 1. The third-order valence-electron chi connectivity index (χ3n) is 4.17. The largest absolute Gasteiger partial charge is 0.508 e. The molecule has 0 spiro atoms. The molecule has 0 aromatic heterocycles. The molecule has 6 fully saturated rings. The van der Waals surface area contributed by atoms with Crippen molar-refractivity contribution in [3.8, 4) is 0 Å². The Labute approximate surface area is 238 Å². The van der Waals surface area contributed by atoms with E-state index in [1.807, 2.05) is 0 Å². The third-order valence-corrected chi connectivity index (χ3v) is 9.67. The van der Waals surface area contributed by atoms with E-state index in [1.165, 1.54) is 11.5 Å². The predicted octanol–water partition coefficient (Wildman–Crippen LogP) is 2.58. The van der Waals surface area contributed by atoms with Gasteiger partial charge < -0.3 is 23.7 Å². The molecular formula is C20H32O13S5. The Morgan fingerprint density at radius 2 is 1.39 bits per heavy atom. The van der Waals surface area contributed by atoms with Crippen molar-refractivity contribution in [3.05, 3.63) is 0 Å². The average Bonchev–Trinajstić information content (AvgIpc) is 3.68. The summed E-state index contributed by atoms with van der Waals surface area (Å²) in [6.45, 7) is 4.58. The smallest absolute Gasteiger partial charge is 0.466 e. The summed E-state index contributed by atoms with van der Waals surface area (Å²) in [5.41, 5.74) is 0. The maximum Gasteiger partial charge on any atom is 0.508 e. The highest BCUT2D eigenvalue weighted by atomic mass is 32.2. The second-order valence-electron chi connectivity index (χ2n) is 7.41. The Kier molecular flexibility index (Phi) is 19.0. The molecule has 220 valence electrons. The van der Waals surface area contributed by atoms with Gasteiger partial charge >= 0.3 is 29.6 Å². The number of hydrogen-bond acceptors (Lipinski definition) is 16. The molecule has 38 heavy (non-hydrogen) atoms. The molecule has 0 radical (unpaired) electrons. The van der Waals surface area contributed by atoms with Gasteiger partial charge in [-0.15, -0.1) is 23.5 Å². The Bertz CT molecular complexity index is 757. The zero-order valence-electron chi connectivity index (χ0n) is 20.8. The van der Waals surface area contributed by atoms with Gasteiger partial charge in [-0.3, -0.25) is 13.2 Å². The SMILES string of the molecule is CC1COC(=O)O1.O=C1CCCO1.O=C1OCCO1.O=S1(=O)CCCC1.O=S1OCCO1.S=C1SCCS1. The summed E-state index contributed by atoms with van der Waals surface area (Å²) in [5.74, 6) is 3.25. The van der Waals surface area contributed by atoms with Gasteiger partial charge in [-0.2, -0.15) is 4.21 Å². The second kappa shape index (κ2) is 20.7. The second-order valence-corrected chi connectivity index (χ2v) is 14.0. The molecule has 0 aliphatic carbocycles. The summed E-state index contributed by atoms with van der Waals surface area (Å²) in [7, 11) is -2.55. The zero-order valence-corrected chi connectivity index (χ0v) is 24.9. The van der Waals surface area contributed by atoms with Gasteiger partial charge in [-0.1, -0.05) is 12.2 Å². The van der Waals surface area contributed by atoms with E-state index in [2.05, 4.69) is 32.1 Å². The molecule has 6 rings (SSSR count). The summed E-state index contributed by atoms with van der Waals surface area (Å²) >= 11 is 7.01. The van der Waals surface area contributed by atoms with E-state index in [1.54, 1.807) is 30.4 Å². The number of cyclic esters (lactones) is 5. The van der Waals surface area contributed by atoms with Crippen LogP contribution in [-0.4, -0.2) is 103 Å². The molecule has 18 heteroatoms. The van der Waals surface area contributed by atoms with E-state index < -0.39 is 33.5 Å². The van der Waals surface area contributed by atoms with Crippen LogP contribution in [0.1, 0.15) is 32.6 Å². The molecule has 0 N–H and O–H groups in total. The molecule has 0 saturated carbocycles. The van der Waals surface area contributed by atoms with E-state index in [4.69, 9.17) is 12.2 Å². The lowest BCUT2D eigenvalue weighted by molar-refractivity contribution is -0.137. The van der Waals surface area contributed by atoms with Gasteiger partial charge in [0.25, 0.3) is 0 Å². The van der Waals surface area contributed by atoms with Crippen LogP contribution in [0.4, 0.5) is 9.59 Å². The minimum Gasteiger partial charge on any atom is -0.466 e. The van der Waals surface area contributed by atoms with Crippen molar-refractivity contribution in [2.24, 2.45) is 0 Å². The topological polar surface area (TPSA) is 167 Å². The average molecular weight is 641 g/mol. The molecule has 0 aromatic rings. The van der Waals surface area contributed by atoms with E-state index >= 15 is 0 Å². The molecule has 1 unspecified atom stereocenters. The van der Waals surface area contributed by atoms with Crippen LogP contribution in [0, 0.1) is 0 Å². The maximum atomic E-state index is 10.4. The molecule has 0 bridgehead atoms. The first-order valence-electron chi connectivity index (χ1n) is 11.5. The van der Waals surface area contributed by atoms with Crippen LogP contribution in [-0.2, 0) is 58.0 Å². The number of ether oxygens (including phenoxy) is 5. The van der Waals surface area contributed by atoms with Crippen LogP contribution < -0.4 is 0 Å². The molecule has 1 atom stereocenters. The van der Waals surface area contributed by atoms with Crippen molar-refractivity contribution >= 4 is 78.7 Å². The minimum atomic E-state index is -2.55. The highest BCUT2D eigenvalue weighted by Gasteiger charge is 2.19. The molecule has 6 aliphatic rings. The Morgan fingerprint density at radius 3 is 1.55 bits per heavy atom. The maximum absolute atomic E-state index is 10.4.